The van der Waals surface area contributed by atoms with Gasteiger partial charge in [0.1, 0.15) is 11.6 Å². The van der Waals surface area contributed by atoms with Crippen LogP contribution < -0.4 is 5.73 Å². The number of nitrogen functional groups attached to an aromatic ring is 1. The Balaban J connectivity index is 2.03. The van der Waals surface area contributed by atoms with Crippen LogP contribution in [0.2, 0.25) is 10.0 Å². The molecule has 0 radical (unpaired) electrons. The van der Waals surface area contributed by atoms with Gasteiger partial charge < -0.3 is 5.73 Å². The van der Waals surface area contributed by atoms with Crippen molar-refractivity contribution in [3.05, 3.63) is 57.7 Å². The Kier molecular flexibility index (Phi) is 4.40. The highest BCUT2D eigenvalue weighted by atomic mass is 35.5. The van der Waals surface area contributed by atoms with Gasteiger partial charge in [-0.25, -0.2) is 4.98 Å². The van der Waals surface area contributed by atoms with Crippen LogP contribution in [0.3, 0.4) is 0 Å². The molecule has 0 saturated carbocycles. The van der Waals surface area contributed by atoms with Crippen molar-refractivity contribution >= 4 is 34.8 Å². The second-order valence-electron chi connectivity index (χ2n) is 4.23. The summed E-state index contributed by atoms with van der Waals surface area (Å²) in [6.45, 7) is 0. The molecule has 1 heterocycles. The van der Waals surface area contributed by atoms with Crippen LogP contribution in [0.4, 0.5) is 5.82 Å². The van der Waals surface area contributed by atoms with E-state index < -0.39 is 0 Å². The van der Waals surface area contributed by atoms with Crippen LogP contribution in [0.15, 0.2) is 36.5 Å². The molecule has 1 aromatic carbocycles. The van der Waals surface area contributed by atoms with E-state index in [2.05, 4.69) is 4.98 Å². The maximum absolute atomic E-state index is 12.0. The summed E-state index contributed by atoms with van der Waals surface area (Å²) in [6, 6.07) is 8.68. The van der Waals surface area contributed by atoms with Gasteiger partial charge in [0.15, 0.2) is 0 Å². The average molecular weight is 295 g/mol. The number of hydrogen-bond donors (Lipinski definition) is 1. The maximum Gasteiger partial charge on any atom is 0.141 e. The van der Waals surface area contributed by atoms with Crippen molar-refractivity contribution in [2.75, 3.05) is 5.73 Å². The van der Waals surface area contributed by atoms with Gasteiger partial charge in [-0.1, -0.05) is 29.3 Å². The summed E-state index contributed by atoms with van der Waals surface area (Å²) in [4.78, 5) is 15.8. The summed E-state index contributed by atoms with van der Waals surface area (Å²) in [5.41, 5.74) is 7.28. The number of anilines is 1. The van der Waals surface area contributed by atoms with Gasteiger partial charge in [0, 0.05) is 19.0 Å². The Hall–Kier alpha value is -1.58. The van der Waals surface area contributed by atoms with Gasteiger partial charge in [0.2, 0.25) is 0 Å². The van der Waals surface area contributed by atoms with E-state index in [9.17, 15) is 4.79 Å². The topological polar surface area (TPSA) is 56.0 Å². The fraction of sp³-hybridized carbons (Fsp3) is 0.143. The number of rotatable bonds is 4. The molecule has 0 aliphatic carbocycles. The van der Waals surface area contributed by atoms with Crippen LogP contribution in [0.25, 0.3) is 0 Å². The van der Waals surface area contributed by atoms with Gasteiger partial charge in [-0.3, -0.25) is 4.79 Å². The summed E-state index contributed by atoms with van der Waals surface area (Å²) >= 11 is 11.7. The zero-order chi connectivity index (χ0) is 13.8. The van der Waals surface area contributed by atoms with Crippen molar-refractivity contribution in [3.63, 3.8) is 0 Å². The van der Waals surface area contributed by atoms with Crippen LogP contribution >= 0.6 is 23.2 Å². The molecule has 2 N–H and O–H groups in total. The highest BCUT2D eigenvalue weighted by molar-refractivity contribution is 6.42. The molecule has 1 aromatic heterocycles. The van der Waals surface area contributed by atoms with E-state index >= 15 is 0 Å². The number of Topliss-reactive ketones (excluding diaryl/α,β-unsaturated/α-hetero) is 1. The number of aromatic nitrogens is 1. The van der Waals surface area contributed by atoms with Gasteiger partial charge in [-0.15, -0.1) is 0 Å². The number of hydrogen-bond acceptors (Lipinski definition) is 3. The Labute approximate surface area is 121 Å². The van der Waals surface area contributed by atoms with Crippen molar-refractivity contribution in [1.29, 1.82) is 0 Å². The van der Waals surface area contributed by atoms with E-state index in [0.29, 0.717) is 28.7 Å². The highest BCUT2D eigenvalue weighted by Crippen LogP contribution is 2.23. The first kappa shape index (κ1) is 13.8. The first-order valence-electron chi connectivity index (χ1n) is 5.70. The Morgan fingerprint density at radius 2 is 1.74 bits per heavy atom. The van der Waals surface area contributed by atoms with Crippen molar-refractivity contribution in [1.82, 2.24) is 4.98 Å². The first-order valence-corrected chi connectivity index (χ1v) is 6.46. The Morgan fingerprint density at radius 1 is 1.05 bits per heavy atom. The molecule has 0 unspecified atom stereocenters. The lowest BCUT2D eigenvalue weighted by Crippen LogP contribution is -2.07. The van der Waals surface area contributed by atoms with Crippen molar-refractivity contribution < 1.29 is 4.79 Å². The summed E-state index contributed by atoms with van der Waals surface area (Å²) in [5, 5.41) is 0.944. The lowest BCUT2D eigenvalue weighted by Gasteiger charge is -2.04. The predicted octanol–water partition coefficient (Wildman–Crippen LogP) is 3.32. The van der Waals surface area contributed by atoms with Gasteiger partial charge >= 0.3 is 0 Å². The molecule has 5 heteroatoms. The second-order valence-corrected chi connectivity index (χ2v) is 5.04. The van der Waals surface area contributed by atoms with Crippen molar-refractivity contribution in [2.24, 2.45) is 0 Å². The molecule has 0 aliphatic rings. The third-order valence-corrected chi connectivity index (χ3v) is 3.37. The number of ketones is 1. The van der Waals surface area contributed by atoms with Crippen LogP contribution in [0, 0.1) is 0 Å². The van der Waals surface area contributed by atoms with E-state index in [1.54, 1.807) is 36.5 Å². The molecule has 0 spiro atoms. The molecular formula is C14H12Cl2N2O. The number of nitrogens with zero attached hydrogens (tertiary/aromatic N) is 1. The molecular weight excluding hydrogens is 283 g/mol. The lowest BCUT2D eigenvalue weighted by atomic mass is 10.0. The number of halogens is 2. The van der Waals surface area contributed by atoms with E-state index in [1.165, 1.54) is 0 Å². The third-order valence-electron chi connectivity index (χ3n) is 2.63. The zero-order valence-electron chi connectivity index (χ0n) is 10.1. The van der Waals surface area contributed by atoms with Crippen LogP contribution in [-0.4, -0.2) is 10.8 Å². The van der Waals surface area contributed by atoms with Crippen LogP contribution in [0.1, 0.15) is 11.1 Å². The lowest BCUT2D eigenvalue weighted by molar-refractivity contribution is -0.117. The minimum atomic E-state index is 0.0870. The number of benzene rings is 1. The molecule has 0 atom stereocenters. The van der Waals surface area contributed by atoms with Crippen LogP contribution in [-0.2, 0) is 17.6 Å². The second kappa shape index (κ2) is 6.04. The van der Waals surface area contributed by atoms with Crippen LogP contribution in [0.5, 0.6) is 0 Å². The summed E-state index contributed by atoms with van der Waals surface area (Å²) in [6.07, 6.45) is 2.24. The number of carbonyl (C=O) groups is 1. The highest BCUT2D eigenvalue weighted by Gasteiger charge is 2.07. The van der Waals surface area contributed by atoms with Crippen molar-refractivity contribution in [2.45, 2.75) is 12.8 Å². The standard InChI is InChI=1S/C14H12Cl2N2O/c15-12-2-1-9(7-13(12)16)5-11(19)6-10-3-4-18-14(17)8-10/h1-4,7-8H,5-6H2,(H2,17,18). The minimum Gasteiger partial charge on any atom is -0.384 e. The van der Waals surface area contributed by atoms with E-state index in [1.807, 2.05) is 0 Å². The zero-order valence-corrected chi connectivity index (χ0v) is 11.6. The third kappa shape index (κ3) is 3.94. The Bertz CT molecular complexity index is 614. The quantitative estimate of drug-likeness (QED) is 0.941. The molecule has 0 aliphatic heterocycles. The molecule has 0 fully saturated rings. The largest absolute Gasteiger partial charge is 0.384 e. The normalized spacial score (nSPS) is 10.4. The first-order chi connectivity index (χ1) is 9.04. The summed E-state index contributed by atoms with van der Waals surface area (Å²) in [5.74, 6) is 0.504. The molecule has 98 valence electrons. The molecule has 0 saturated heterocycles. The number of carbonyl (C=O) groups excluding carboxylic acids is 1. The van der Waals surface area contributed by atoms with Gasteiger partial charge in [0.05, 0.1) is 10.0 Å². The predicted molar refractivity (Wildman–Crippen MR) is 77.5 cm³/mol. The van der Waals surface area contributed by atoms with E-state index in [0.717, 1.165) is 11.1 Å². The summed E-state index contributed by atoms with van der Waals surface area (Å²) < 4.78 is 0. The fourth-order valence-corrected chi connectivity index (χ4v) is 2.09. The molecule has 3 nitrogen and oxygen atoms in total. The summed E-state index contributed by atoms with van der Waals surface area (Å²) in [7, 11) is 0. The molecule has 2 aromatic rings. The van der Waals surface area contributed by atoms with Gasteiger partial charge in [-0.2, -0.15) is 0 Å². The fourth-order valence-electron chi connectivity index (χ4n) is 1.77. The Morgan fingerprint density at radius 3 is 2.37 bits per heavy atom. The van der Waals surface area contributed by atoms with E-state index in [4.69, 9.17) is 28.9 Å². The molecule has 2 rings (SSSR count). The van der Waals surface area contributed by atoms with Gasteiger partial charge in [-0.05, 0) is 35.4 Å². The molecule has 19 heavy (non-hydrogen) atoms. The van der Waals surface area contributed by atoms with Gasteiger partial charge in [0.25, 0.3) is 0 Å². The minimum absolute atomic E-state index is 0.0870. The number of pyridine rings is 1. The SMILES string of the molecule is Nc1cc(CC(=O)Cc2ccc(Cl)c(Cl)c2)ccn1. The van der Waals surface area contributed by atoms with Crippen molar-refractivity contribution in [3.8, 4) is 0 Å². The average Bonchev–Trinajstić information content (AvgIpc) is 2.34. The maximum atomic E-state index is 12.0. The molecule has 0 bridgehead atoms. The molecule has 0 amide bonds. The van der Waals surface area contributed by atoms with E-state index in [-0.39, 0.29) is 5.78 Å². The number of nitrogens with two attached hydrogens (primary N) is 1. The smallest absolute Gasteiger partial charge is 0.141 e. The monoisotopic (exact) mass is 294 g/mol.